The minimum absolute atomic E-state index is 0.0614. The lowest BCUT2D eigenvalue weighted by Gasteiger charge is -2.41. The lowest BCUT2D eigenvalue weighted by Crippen LogP contribution is -2.61. The quantitative estimate of drug-likeness (QED) is 0.620. The molecular formula is C25H23N3O4. The molecule has 1 aliphatic carbocycles. The average Bonchev–Trinajstić information content (AvgIpc) is 3.35. The Kier molecular flexibility index (Phi) is 4.00. The second-order valence-electron chi connectivity index (χ2n) is 9.19. The van der Waals surface area contributed by atoms with E-state index in [4.69, 9.17) is 4.42 Å². The summed E-state index contributed by atoms with van der Waals surface area (Å²) in [4.78, 5) is 40.4. The van der Waals surface area contributed by atoms with Crippen molar-refractivity contribution >= 4 is 28.5 Å². The summed E-state index contributed by atoms with van der Waals surface area (Å²) in [5.74, 6) is 0.0500. The van der Waals surface area contributed by atoms with Gasteiger partial charge in [0.05, 0.1) is 10.9 Å². The van der Waals surface area contributed by atoms with Gasteiger partial charge in [-0.25, -0.2) is 0 Å². The zero-order chi connectivity index (χ0) is 22.0. The number of para-hydroxylation sites is 1. The van der Waals surface area contributed by atoms with Crippen LogP contribution in [0.4, 0.5) is 5.69 Å². The second-order valence-corrected chi connectivity index (χ2v) is 9.19. The molecular weight excluding hydrogens is 406 g/mol. The van der Waals surface area contributed by atoms with E-state index in [1.807, 2.05) is 37.3 Å². The Morgan fingerprint density at radius 2 is 1.94 bits per heavy atom. The molecule has 2 aliphatic heterocycles. The van der Waals surface area contributed by atoms with Gasteiger partial charge in [-0.05, 0) is 49.9 Å². The standard InChI is InChI=1S/C25H23N3O4/c1-14-6-7-21-17(10-14)20(29)11-22(32-21)24(31)28-12-15-8-9-25(18(15)13-28)26-19-5-3-2-4-16(19)23(30)27-25/h2-7,10-11,15,18,26H,8-9,12-13H2,1H3,(H,27,30)/t15-,18+,25+/m1/s1. The van der Waals surface area contributed by atoms with Crippen molar-refractivity contribution < 1.29 is 14.0 Å². The van der Waals surface area contributed by atoms with E-state index in [0.717, 1.165) is 24.1 Å². The SMILES string of the molecule is Cc1ccc2oc(C(=O)N3C[C@H]4CC[C@]5(NC(=O)c6ccccc6N5)[C@H]4C3)cc(=O)c2c1. The van der Waals surface area contributed by atoms with E-state index >= 15 is 0 Å². The van der Waals surface area contributed by atoms with Crippen LogP contribution in [0.5, 0.6) is 0 Å². The van der Waals surface area contributed by atoms with Gasteiger partial charge >= 0.3 is 0 Å². The summed E-state index contributed by atoms with van der Waals surface area (Å²) in [6.07, 6.45) is 1.72. The first-order valence-electron chi connectivity index (χ1n) is 11.0. The number of carbonyl (C=O) groups excluding carboxylic acids is 2. The van der Waals surface area contributed by atoms with Gasteiger partial charge in [-0.15, -0.1) is 0 Å². The summed E-state index contributed by atoms with van der Waals surface area (Å²) in [6, 6.07) is 14.2. The molecule has 3 aliphatic rings. The number of hydrogen-bond acceptors (Lipinski definition) is 5. The molecule has 1 aromatic heterocycles. The fraction of sp³-hybridized carbons (Fsp3) is 0.320. The predicted molar refractivity (Wildman–Crippen MR) is 120 cm³/mol. The third-order valence-electron chi connectivity index (χ3n) is 7.23. The Balaban J connectivity index is 1.29. The lowest BCUT2D eigenvalue weighted by molar-refractivity contribution is 0.0738. The molecule has 2 N–H and O–H groups in total. The maximum atomic E-state index is 13.3. The van der Waals surface area contributed by atoms with Crippen molar-refractivity contribution in [3.63, 3.8) is 0 Å². The fourth-order valence-electron chi connectivity index (χ4n) is 5.66. The maximum absolute atomic E-state index is 13.3. The fourth-order valence-corrected chi connectivity index (χ4v) is 5.66. The van der Waals surface area contributed by atoms with Crippen molar-refractivity contribution in [1.29, 1.82) is 0 Å². The molecule has 7 heteroatoms. The highest BCUT2D eigenvalue weighted by Gasteiger charge is 2.55. The summed E-state index contributed by atoms with van der Waals surface area (Å²) in [6.45, 7) is 2.99. The van der Waals surface area contributed by atoms with Crippen LogP contribution in [0.2, 0.25) is 0 Å². The van der Waals surface area contributed by atoms with Gasteiger partial charge in [0.25, 0.3) is 11.8 Å². The van der Waals surface area contributed by atoms with Crippen LogP contribution < -0.4 is 16.1 Å². The Morgan fingerprint density at radius 3 is 2.81 bits per heavy atom. The summed E-state index contributed by atoms with van der Waals surface area (Å²) in [5.41, 5.74) is 2.07. The van der Waals surface area contributed by atoms with Crippen LogP contribution in [-0.4, -0.2) is 35.5 Å². The number of likely N-dealkylation sites (tertiary alicyclic amines) is 1. The van der Waals surface area contributed by atoms with Gasteiger partial charge < -0.3 is 20.0 Å². The molecule has 3 heterocycles. The van der Waals surface area contributed by atoms with Crippen LogP contribution in [0.3, 0.4) is 0 Å². The number of nitrogens with one attached hydrogen (secondary N) is 2. The number of amides is 2. The molecule has 2 fully saturated rings. The summed E-state index contributed by atoms with van der Waals surface area (Å²) < 4.78 is 5.82. The van der Waals surface area contributed by atoms with E-state index in [1.165, 1.54) is 6.07 Å². The van der Waals surface area contributed by atoms with E-state index in [0.29, 0.717) is 29.6 Å². The lowest BCUT2D eigenvalue weighted by atomic mass is 9.89. The Hall–Kier alpha value is -3.61. The molecule has 2 aromatic carbocycles. The zero-order valence-corrected chi connectivity index (χ0v) is 17.7. The van der Waals surface area contributed by atoms with Crippen LogP contribution in [-0.2, 0) is 0 Å². The van der Waals surface area contributed by atoms with Crippen molar-refractivity contribution in [2.24, 2.45) is 11.8 Å². The minimum atomic E-state index is -0.563. The van der Waals surface area contributed by atoms with Crippen molar-refractivity contribution in [3.8, 4) is 0 Å². The molecule has 2 amide bonds. The largest absolute Gasteiger partial charge is 0.451 e. The number of hydrogen-bond donors (Lipinski definition) is 2. The summed E-state index contributed by atoms with van der Waals surface area (Å²) in [7, 11) is 0. The van der Waals surface area contributed by atoms with Crippen molar-refractivity contribution in [2.45, 2.75) is 25.4 Å². The van der Waals surface area contributed by atoms with E-state index in [-0.39, 0.29) is 34.8 Å². The molecule has 0 radical (unpaired) electrons. The number of carbonyl (C=O) groups is 2. The van der Waals surface area contributed by atoms with E-state index in [1.54, 1.807) is 17.0 Å². The first kappa shape index (κ1) is 19.1. The average molecular weight is 429 g/mol. The topological polar surface area (TPSA) is 91.7 Å². The predicted octanol–water partition coefficient (Wildman–Crippen LogP) is 3.14. The van der Waals surface area contributed by atoms with E-state index in [9.17, 15) is 14.4 Å². The number of aryl methyl sites for hydroxylation is 1. The molecule has 0 unspecified atom stereocenters. The smallest absolute Gasteiger partial charge is 0.289 e. The molecule has 3 aromatic rings. The molecule has 3 atom stereocenters. The summed E-state index contributed by atoms with van der Waals surface area (Å²) in [5, 5.41) is 7.24. The van der Waals surface area contributed by atoms with Gasteiger partial charge in [0.15, 0.2) is 11.2 Å². The Morgan fingerprint density at radius 1 is 1.09 bits per heavy atom. The van der Waals surface area contributed by atoms with Crippen LogP contribution in [0.1, 0.15) is 39.3 Å². The molecule has 0 bridgehead atoms. The Bertz CT molecular complexity index is 1350. The third-order valence-corrected chi connectivity index (χ3v) is 7.23. The highest BCUT2D eigenvalue weighted by Crippen LogP contribution is 2.47. The Labute approximate surface area is 184 Å². The maximum Gasteiger partial charge on any atom is 0.289 e. The van der Waals surface area contributed by atoms with E-state index < -0.39 is 5.66 Å². The normalized spacial score (nSPS) is 26.0. The van der Waals surface area contributed by atoms with Gasteiger partial charge in [-0.2, -0.15) is 0 Å². The molecule has 162 valence electrons. The minimum Gasteiger partial charge on any atom is -0.451 e. The zero-order valence-electron chi connectivity index (χ0n) is 17.7. The number of benzene rings is 2. The molecule has 1 saturated heterocycles. The first-order valence-corrected chi connectivity index (χ1v) is 11.0. The van der Waals surface area contributed by atoms with Gasteiger partial charge in [0.2, 0.25) is 0 Å². The highest BCUT2D eigenvalue weighted by molar-refractivity contribution is 6.02. The van der Waals surface area contributed by atoms with Crippen molar-refractivity contribution in [1.82, 2.24) is 10.2 Å². The molecule has 7 nitrogen and oxygen atoms in total. The summed E-state index contributed by atoms with van der Waals surface area (Å²) >= 11 is 0. The molecule has 1 spiro atoms. The third kappa shape index (κ3) is 2.77. The van der Waals surface area contributed by atoms with Crippen LogP contribution >= 0.6 is 0 Å². The van der Waals surface area contributed by atoms with Gasteiger partial charge in [0, 0.05) is 30.8 Å². The van der Waals surface area contributed by atoms with Gasteiger partial charge in [-0.1, -0.05) is 23.8 Å². The van der Waals surface area contributed by atoms with Crippen LogP contribution in [0.15, 0.2) is 57.7 Å². The van der Waals surface area contributed by atoms with Crippen molar-refractivity contribution in [2.75, 3.05) is 18.4 Å². The second kappa shape index (κ2) is 6.69. The number of fused-ring (bicyclic) bond motifs is 4. The highest BCUT2D eigenvalue weighted by atomic mass is 16.3. The molecule has 1 saturated carbocycles. The van der Waals surface area contributed by atoms with Crippen LogP contribution in [0.25, 0.3) is 11.0 Å². The number of nitrogens with zero attached hydrogens (tertiary/aromatic N) is 1. The van der Waals surface area contributed by atoms with Crippen LogP contribution in [0, 0.1) is 18.8 Å². The number of rotatable bonds is 1. The van der Waals surface area contributed by atoms with E-state index in [2.05, 4.69) is 10.6 Å². The first-order chi connectivity index (χ1) is 15.4. The monoisotopic (exact) mass is 429 g/mol. The number of anilines is 1. The molecule has 32 heavy (non-hydrogen) atoms. The van der Waals surface area contributed by atoms with Gasteiger partial charge in [0.1, 0.15) is 11.2 Å². The molecule has 6 rings (SSSR count). The van der Waals surface area contributed by atoms with Gasteiger partial charge in [-0.3, -0.25) is 14.4 Å². The van der Waals surface area contributed by atoms with Crippen molar-refractivity contribution in [3.05, 3.63) is 75.6 Å².